The molecular weight excluding hydrogens is 242 g/mol. The topological polar surface area (TPSA) is 101 Å². The zero-order chi connectivity index (χ0) is 12.4. The number of nitrogen functional groups attached to an aromatic ring is 1. The molecule has 1 unspecified atom stereocenters. The Morgan fingerprint density at radius 2 is 2.29 bits per heavy atom. The average Bonchev–Trinajstić information content (AvgIpc) is 2.63. The summed E-state index contributed by atoms with van der Waals surface area (Å²) in [5, 5.41) is 11.0. The average molecular weight is 255 g/mol. The molecule has 1 atom stereocenters. The van der Waals surface area contributed by atoms with Gasteiger partial charge >= 0.3 is 0 Å². The van der Waals surface area contributed by atoms with Gasteiger partial charge in [0.05, 0.1) is 19.1 Å². The molecule has 1 aliphatic heterocycles. The smallest absolute Gasteiger partial charge is 0.243 e. The Hall–Kier alpha value is -1.54. The lowest BCUT2D eigenvalue weighted by atomic mass is 10.1. The molecule has 2 amide bonds. The number of nitrogens with one attached hydrogen (secondary N) is 1. The summed E-state index contributed by atoms with van der Waals surface area (Å²) in [5.74, 6) is -0.529. The highest BCUT2D eigenvalue weighted by Crippen LogP contribution is 2.17. The van der Waals surface area contributed by atoms with Crippen molar-refractivity contribution in [2.45, 2.75) is 25.9 Å². The van der Waals surface area contributed by atoms with Crippen LogP contribution in [-0.4, -0.2) is 39.5 Å². The van der Waals surface area contributed by atoms with E-state index in [-0.39, 0.29) is 24.4 Å². The second kappa shape index (κ2) is 4.76. The Labute approximate surface area is 102 Å². The van der Waals surface area contributed by atoms with Gasteiger partial charge < -0.3 is 5.73 Å². The fourth-order valence-corrected chi connectivity index (χ4v) is 2.47. The van der Waals surface area contributed by atoms with Crippen LogP contribution in [0.15, 0.2) is 0 Å². The van der Waals surface area contributed by atoms with Gasteiger partial charge in [0, 0.05) is 0 Å². The van der Waals surface area contributed by atoms with Crippen LogP contribution in [-0.2, 0) is 16.1 Å². The van der Waals surface area contributed by atoms with Crippen molar-refractivity contribution in [1.29, 1.82) is 0 Å². The number of aromatic nitrogens is 2. The van der Waals surface area contributed by atoms with Crippen molar-refractivity contribution in [3.8, 4) is 0 Å². The van der Waals surface area contributed by atoms with Gasteiger partial charge in [0.25, 0.3) is 0 Å². The zero-order valence-corrected chi connectivity index (χ0v) is 10.2. The van der Waals surface area contributed by atoms with Crippen molar-refractivity contribution in [3.05, 3.63) is 5.01 Å². The first kappa shape index (κ1) is 11.9. The third kappa shape index (κ3) is 2.59. The largest absolute Gasteiger partial charge is 0.374 e. The lowest BCUT2D eigenvalue weighted by Gasteiger charge is -2.32. The van der Waals surface area contributed by atoms with Crippen LogP contribution >= 0.6 is 11.3 Å². The first-order valence-corrected chi connectivity index (χ1v) is 6.07. The summed E-state index contributed by atoms with van der Waals surface area (Å²) in [6, 6.07) is -0.294. The number of amides is 2. The van der Waals surface area contributed by atoms with E-state index < -0.39 is 0 Å². The number of carbonyl (C=O) groups is 2. The van der Waals surface area contributed by atoms with Crippen LogP contribution in [0.2, 0.25) is 0 Å². The quantitative estimate of drug-likeness (QED) is 0.696. The molecule has 1 aliphatic rings. The molecule has 1 aromatic rings. The van der Waals surface area contributed by atoms with Gasteiger partial charge in [-0.1, -0.05) is 18.3 Å². The number of nitrogens with two attached hydrogens (primary N) is 1. The molecule has 17 heavy (non-hydrogen) atoms. The first-order valence-electron chi connectivity index (χ1n) is 5.25. The number of anilines is 1. The molecular formula is C9H13N5O2S. The van der Waals surface area contributed by atoms with Crippen molar-refractivity contribution in [3.63, 3.8) is 0 Å². The van der Waals surface area contributed by atoms with E-state index >= 15 is 0 Å². The van der Waals surface area contributed by atoms with Crippen molar-refractivity contribution in [2.75, 3.05) is 12.3 Å². The summed E-state index contributed by atoms with van der Waals surface area (Å²) in [6.45, 7) is 2.53. The van der Waals surface area contributed by atoms with Gasteiger partial charge in [0.15, 0.2) is 0 Å². The van der Waals surface area contributed by atoms with E-state index in [0.717, 1.165) is 0 Å². The van der Waals surface area contributed by atoms with Gasteiger partial charge in [-0.3, -0.25) is 19.8 Å². The number of hydrogen-bond donors (Lipinski definition) is 2. The highest BCUT2D eigenvalue weighted by molar-refractivity contribution is 7.15. The third-order valence-corrected chi connectivity index (χ3v) is 3.30. The molecule has 0 bridgehead atoms. The predicted molar refractivity (Wildman–Crippen MR) is 62.0 cm³/mol. The number of piperazine rings is 1. The summed E-state index contributed by atoms with van der Waals surface area (Å²) in [6.07, 6.45) is 0.646. The number of carbonyl (C=O) groups excluding carboxylic acids is 2. The Morgan fingerprint density at radius 1 is 1.53 bits per heavy atom. The second-order valence-corrected chi connectivity index (χ2v) is 4.87. The molecule has 0 aliphatic carbocycles. The number of rotatable bonds is 3. The summed E-state index contributed by atoms with van der Waals surface area (Å²) in [7, 11) is 0. The second-order valence-electron chi connectivity index (χ2n) is 3.78. The van der Waals surface area contributed by atoms with Crippen molar-refractivity contribution in [2.24, 2.45) is 0 Å². The minimum absolute atomic E-state index is 0.198. The molecule has 2 heterocycles. The Morgan fingerprint density at radius 3 is 2.88 bits per heavy atom. The maximum atomic E-state index is 11.6. The molecule has 8 heteroatoms. The van der Waals surface area contributed by atoms with Crippen LogP contribution in [0.5, 0.6) is 0 Å². The lowest BCUT2D eigenvalue weighted by Crippen LogP contribution is -2.57. The van der Waals surface area contributed by atoms with Crippen LogP contribution < -0.4 is 11.1 Å². The molecule has 92 valence electrons. The van der Waals surface area contributed by atoms with E-state index in [9.17, 15) is 9.59 Å². The first-order chi connectivity index (χ1) is 8.10. The molecule has 1 fully saturated rings. The molecule has 2 rings (SSSR count). The fraction of sp³-hybridized carbons (Fsp3) is 0.556. The maximum absolute atomic E-state index is 11.6. The Kier molecular flexibility index (Phi) is 3.34. The summed E-state index contributed by atoms with van der Waals surface area (Å²) < 4.78 is 0. The normalized spacial score (nSPS) is 21.6. The minimum atomic E-state index is -0.294. The van der Waals surface area contributed by atoms with E-state index in [1.54, 1.807) is 4.90 Å². The van der Waals surface area contributed by atoms with E-state index in [2.05, 4.69) is 15.5 Å². The predicted octanol–water partition coefficient (Wildman–Crippen LogP) is -0.643. The van der Waals surface area contributed by atoms with E-state index in [4.69, 9.17) is 5.73 Å². The van der Waals surface area contributed by atoms with E-state index in [0.29, 0.717) is 23.1 Å². The molecule has 3 N–H and O–H groups in total. The molecule has 0 aromatic carbocycles. The van der Waals surface area contributed by atoms with Crippen LogP contribution in [0.4, 0.5) is 5.13 Å². The van der Waals surface area contributed by atoms with Crippen LogP contribution in [0.3, 0.4) is 0 Å². The highest BCUT2D eigenvalue weighted by Gasteiger charge is 2.32. The molecule has 1 saturated heterocycles. The maximum Gasteiger partial charge on any atom is 0.243 e. The Bertz CT molecular complexity index is 446. The number of hydrogen-bond acceptors (Lipinski definition) is 7. The van der Waals surface area contributed by atoms with Crippen LogP contribution in [0.25, 0.3) is 0 Å². The van der Waals surface area contributed by atoms with Gasteiger partial charge in [0.1, 0.15) is 5.01 Å². The minimum Gasteiger partial charge on any atom is -0.374 e. The highest BCUT2D eigenvalue weighted by atomic mass is 32.1. The third-order valence-electron chi connectivity index (χ3n) is 2.56. The van der Waals surface area contributed by atoms with Crippen molar-refractivity contribution >= 4 is 28.3 Å². The van der Waals surface area contributed by atoms with Gasteiger partial charge in [-0.15, -0.1) is 10.2 Å². The van der Waals surface area contributed by atoms with Crippen LogP contribution in [0.1, 0.15) is 18.4 Å². The van der Waals surface area contributed by atoms with Gasteiger partial charge in [-0.2, -0.15) is 0 Å². The SMILES string of the molecule is CCC1C(=O)NC(=O)CN1Cc1nnc(N)s1. The summed E-state index contributed by atoms with van der Waals surface area (Å²) in [5.41, 5.74) is 5.49. The molecule has 1 aromatic heterocycles. The Balaban J connectivity index is 2.11. The summed E-state index contributed by atoms with van der Waals surface area (Å²) >= 11 is 1.27. The molecule has 0 spiro atoms. The molecule has 7 nitrogen and oxygen atoms in total. The monoisotopic (exact) mass is 255 g/mol. The lowest BCUT2D eigenvalue weighted by molar-refractivity contribution is -0.140. The number of imide groups is 1. The van der Waals surface area contributed by atoms with E-state index in [1.165, 1.54) is 11.3 Å². The van der Waals surface area contributed by atoms with Gasteiger partial charge in [-0.05, 0) is 6.42 Å². The summed E-state index contributed by atoms with van der Waals surface area (Å²) in [4.78, 5) is 24.7. The van der Waals surface area contributed by atoms with Crippen molar-refractivity contribution in [1.82, 2.24) is 20.4 Å². The number of nitrogens with zero attached hydrogens (tertiary/aromatic N) is 3. The molecule has 0 radical (unpaired) electrons. The van der Waals surface area contributed by atoms with Gasteiger partial charge in [-0.25, -0.2) is 0 Å². The fourth-order valence-electron chi connectivity index (χ4n) is 1.83. The standard InChI is InChI=1S/C9H13N5O2S/c1-2-5-8(16)11-6(15)3-14(5)4-7-12-13-9(10)17-7/h5H,2-4H2,1H3,(H2,10,13)(H,11,15,16). The van der Waals surface area contributed by atoms with E-state index in [1.807, 2.05) is 6.92 Å². The zero-order valence-electron chi connectivity index (χ0n) is 9.34. The molecule has 0 saturated carbocycles. The van der Waals surface area contributed by atoms with Gasteiger partial charge in [0.2, 0.25) is 16.9 Å². The van der Waals surface area contributed by atoms with Crippen molar-refractivity contribution < 1.29 is 9.59 Å². The van der Waals surface area contributed by atoms with Crippen LogP contribution in [0, 0.1) is 0 Å².